The Bertz CT molecular complexity index is 1590. The van der Waals surface area contributed by atoms with E-state index in [2.05, 4.69) is 58.4 Å². The Balaban J connectivity index is 1.42. The molecule has 1 aliphatic carbocycles. The standard InChI is InChI=1S/C31H26N4OS/c1-20-16-24(21(2)35(20)26-14-12-23(13-15-26)22-8-4-3-5-9-22)17-25(18-32)30(36)34-31-28(19-33)27-10-6-7-11-29(27)37-31/h3-5,8-9,12-17H,6-7,10-11H2,1-2H3,(H,34,36)/b25-17+. The second-order valence-electron chi connectivity index (χ2n) is 9.23. The molecule has 0 saturated carbocycles. The monoisotopic (exact) mass is 502 g/mol. The molecule has 0 bridgehead atoms. The average molecular weight is 503 g/mol. The molecule has 0 saturated heterocycles. The van der Waals surface area contributed by atoms with Crippen molar-refractivity contribution in [2.45, 2.75) is 39.5 Å². The summed E-state index contributed by atoms with van der Waals surface area (Å²) in [6, 6.07) is 24.9. The van der Waals surface area contributed by atoms with Crippen LogP contribution in [0.3, 0.4) is 0 Å². The first-order valence-corrected chi connectivity index (χ1v) is 13.1. The van der Waals surface area contributed by atoms with Crippen molar-refractivity contribution in [2.75, 3.05) is 5.32 Å². The number of thiophene rings is 1. The third kappa shape index (κ3) is 4.72. The predicted molar refractivity (Wildman–Crippen MR) is 149 cm³/mol. The molecule has 0 fully saturated rings. The molecule has 0 radical (unpaired) electrons. The molecule has 5 rings (SSSR count). The SMILES string of the molecule is Cc1cc(/C=C(\C#N)C(=O)Nc2sc3c(c2C#N)CCCC3)c(C)n1-c1ccc(-c2ccccc2)cc1. The zero-order valence-corrected chi connectivity index (χ0v) is 21.7. The minimum absolute atomic E-state index is 0.00920. The van der Waals surface area contributed by atoms with Crippen LogP contribution in [0.5, 0.6) is 0 Å². The summed E-state index contributed by atoms with van der Waals surface area (Å²) >= 11 is 1.46. The molecule has 1 aliphatic rings. The number of hydrogen-bond acceptors (Lipinski definition) is 4. The van der Waals surface area contributed by atoms with Crippen LogP contribution >= 0.6 is 11.3 Å². The summed E-state index contributed by atoms with van der Waals surface area (Å²) < 4.78 is 2.12. The van der Waals surface area contributed by atoms with Crippen LogP contribution in [0.1, 0.15) is 45.8 Å². The van der Waals surface area contributed by atoms with Gasteiger partial charge in [0.25, 0.3) is 5.91 Å². The summed E-state index contributed by atoms with van der Waals surface area (Å²) in [5, 5.41) is 22.9. The first kappa shape index (κ1) is 24.3. The van der Waals surface area contributed by atoms with E-state index in [0.29, 0.717) is 10.6 Å². The average Bonchev–Trinajstić information content (AvgIpc) is 3.42. The molecule has 5 nitrogen and oxygen atoms in total. The van der Waals surface area contributed by atoms with Crippen LogP contribution in [0.25, 0.3) is 22.9 Å². The van der Waals surface area contributed by atoms with E-state index in [9.17, 15) is 15.3 Å². The third-order valence-corrected chi connectivity index (χ3v) is 8.09. The van der Waals surface area contributed by atoms with E-state index in [4.69, 9.17) is 0 Å². The molecule has 182 valence electrons. The van der Waals surface area contributed by atoms with Gasteiger partial charge >= 0.3 is 0 Å². The maximum atomic E-state index is 13.1. The summed E-state index contributed by atoms with van der Waals surface area (Å²) in [4.78, 5) is 14.2. The molecule has 37 heavy (non-hydrogen) atoms. The second kappa shape index (κ2) is 10.3. The molecule has 0 aliphatic heterocycles. The van der Waals surface area contributed by atoms with Crippen molar-refractivity contribution in [3.8, 4) is 29.0 Å². The summed E-state index contributed by atoms with van der Waals surface area (Å²) in [5.74, 6) is -0.491. The Morgan fingerprint density at radius 3 is 2.41 bits per heavy atom. The van der Waals surface area contributed by atoms with Crippen molar-refractivity contribution >= 4 is 28.3 Å². The Morgan fingerprint density at radius 1 is 1.00 bits per heavy atom. The zero-order valence-electron chi connectivity index (χ0n) is 20.8. The van der Waals surface area contributed by atoms with Crippen LogP contribution in [0.2, 0.25) is 0 Å². The van der Waals surface area contributed by atoms with Crippen molar-refractivity contribution < 1.29 is 4.79 Å². The Labute approximate surface area is 220 Å². The molecule has 0 unspecified atom stereocenters. The number of nitrogens with zero attached hydrogens (tertiary/aromatic N) is 3. The maximum absolute atomic E-state index is 13.1. The van der Waals surface area contributed by atoms with Crippen LogP contribution in [-0.2, 0) is 17.6 Å². The van der Waals surface area contributed by atoms with Gasteiger partial charge < -0.3 is 9.88 Å². The van der Waals surface area contributed by atoms with Gasteiger partial charge in [0.15, 0.2) is 0 Å². The van der Waals surface area contributed by atoms with E-state index in [1.54, 1.807) is 6.08 Å². The lowest BCUT2D eigenvalue weighted by Crippen LogP contribution is -2.13. The number of nitrogens with one attached hydrogen (secondary N) is 1. The lowest BCUT2D eigenvalue weighted by molar-refractivity contribution is -0.112. The summed E-state index contributed by atoms with van der Waals surface area (Å²) in [7, 11) is 0. The number of carbonyl (C=O) groups excluding carboxylic acids is 1. The fourth-order valence-electron chi connectivity index (χ4n) is 5.01. The maximum Gasteiger partial charge on any atom is 0.266 e. The number of anilines is 1. The molecule has 1 amide bonds. The highest BCUT2D eigenvalue weighted by Crippen LogP contribution is 2.38. The number of fused-ring (bicyclic) bond motifs is 1. The van der Waals surface area contributed by atoms with E-state index in [1.165, 1.54) is 16.2 Å². The quantitative estimate of drug-likeness (QED) is 0.233. The molecular weight excluding hydrogens is 476 g/mol. The molecule has 0 spiro atoms. The van der Waals surface area contributed by atoms with Crippen LogP contribution in [0.15, 0.2) is 66.2 Å². The Morgan fingerprint density at radius 2 is 1.70 bits per heavy atom. The number of benzene rings is 2. The molecule has 0 atom stereocenters. The fraction of sp³-hybridized carbons (Fsp3) is 0.194. The normalized spacial score (nSPS) is 12.9. The number of rotatable bonds is 5. The van der Waals surface area contributed by atoms with Gasteiger partial charge in [-0.05, 0) is 86.1 Å². The fourth-order valence-corrected chi connectivity index (χ4v) is 6.25. The Kier molecular flexibility index (Phi) is 6.77. The molecule has 2 heterocycles. The molecule has 6 heteroatoms. The van der Waals surface area contributed by atoms with Gasteiger partial charge in [0.05, 0.1) is 5.56 Å². The van der Waals surface area contributed by atoms with E-state index in [1.807, 2.05) is 38.1 Å². The minimum Gasteiger partial charge on any atom is -0.318 e. The van der Waals surface area contributed by atoms with E-state index in [-0.39, 0.29) is 5.57 Å². The molecular formula is C31H26N4OS. The first-order valence-electron chi connectivity index (χ1n) is 12.3. The Hall–Kier alpha value is -4.39. The number of nitriles is 2. The molecule has 4 aromatic rings. The van der Waals surface area contributed by atoms with Crippen molar-refractivity contribution in [1.82, 2.24) is 4.57 Å². The summed E-state index contributed by atoms with van der Waals surface area (Å²) in [5.41, 5.74) is 7.68. The van der Waals surface area contributed by atoms with Gasteiger partial charge in [0, 0.05) is 22.0 Å². The smallest absolute Gasteiger partial charge is 0.266 e. The highest BCUT2D eigenvalue weighted by molar-refractivity contribution is 7.16. The van der Waals surface area contributed by atoms with E-state index >= 15 is 0 Å². The van der Waals surface area contributed by atoms with Crippen molar-refractivity contribution in [3.05, 3.63) is 99.2 Å². The topological polar surface area (TPSA) is 81.6 Å². The van der Waals surface area contributed by atoms with Crippen LogP contribution in [-0.4, -0.2) is 10.5 Å². The van der Waals surface area contributed by atoms with Gasteiger partial charge in [-0.1, -0.05) is 42.5 Å². The minimum atomic E-state index is -0.491. The predicted octanol–water partition coefficient (Wildman–Crippen LogP) is 7.12. The van der Waals surface area contributed by atoms with E-state index in [0.717, 1.165) is 65.0 Å². The number of amides is 1. The van der Waals surface area contributed by atoms with Crippen molar-refractivity contribution in [1.29, 1.82) is 10.5 Å². The van der Waals surface area contributed by atoms with Crippen LogP contribution in [0, 0.1) is 36.5 Å². The molecule has 1 N–H and O–H groups in total. The lowest BCUT2D eigenvalue weighted by Gasteiger charge is -2.11. The van der Waals surface area contributed by atoms with Gasteiger partial charge in [0.2, 0.25) is 0 Å². The third-order valence-electron chi connectivity index (χ3n) is 6.88. The number of hydrogen-bond donors (Lipinski definition) is 1. The van der Waals surface area contributed by atoms with E-state index < -0.39 is 5.91 Å². The van der Waals surface area contributed by atoms with Gasteiger partial charge in [-0.3, -0.25) is 4.79 Å². The first-order chi connectivity index (χ1) is 18.0. The van der Waals surface area contributed by atoms with Crippen molar-refractivity contribution in [3.63, 3.8) is 0 Å². The van der Waals surface area contributed by atoms with Gasteiger partial charge in [-0.25, -0.2) is 0 Å². The highest BCUT2D eigenvalue weighted by Gasteiger charge is 2.23. The second-order valence-corrected chi connectivity index (χ2v) is 10.3. The molecule has 2 aromatic carbocycles. The number of aryl methyl sites for hydroxylation is 2. The summed E-state index contributed by atoms with van der Waals surface area (Å²) in [6.07, 6.45) is 5.58. The summed E-state index contributed by atoms with van der Waals surface area (Å²) in [6.45, 7) is 3.99. The van der Waals surface area contributed by atoms with Crippen LogP contribution in [0.4, 0.5) is 5.00 Å². The highest BCUT2D eigenvalue weighted by atomic mass is 32.1. The lowest BCUT2D eigenvalue weighted by atomic mass is 9.96. The molecule has 2 aromatic heterocycles. The zero-order chi connectivity index (χ0) is 25.9. The largest absolute Gasteiger partial charge is 0.318 e. The number of carbonyl (C=O) groups is 1. The van der Waals surface area contributed by atoms with Gasteiger partial charge in [0.1, 0.15) is 22.7 Å². The number of aromatic nitrogens is 1. The van der Waals surface area contributed by atoms with Crippen LogP contribution < -0.4 is 5.32 Å². The van der Waals surface area contributed by atoms with Gasteiger partial charge in [-0.15, -0.1) is 11.3 Å². The van der Waals surface area contributed by atoms with Crippen molar-refractivity contribution in [2.24, 2.45) is 0 Å². The van der Waals surface area contributed by atoms with Gasteiger partial charge in [-0.2, -0.15) is 10.5 Å².